The Morgan fingerprint density at radius 2 is 1.95 bits per heavy atom. The Kier molecular flexibility index (Phi) is 3.06. The number of aryl methyl sites for hydroxylation is 1. The smallest absolute Gasteiger partial charge is 0.246 e. The summed E-state index contributed by atoms with van der Waals surface area (Å²) in [5.41, 5.74) is 3.38. The lowest BCUT2D eigenvalue weighted by atomic mass is 9.98. The summed E-state index contributed by atoms with van der Waals surface area (Å²) in [5.74, 6) is -0.533. The summed E-state index contributed by atoms with van der Waals surface area (Å²) < 4.78 is 14.0. The molecule has 2 aromatic rings. The minimum atomic E-state index is -0.340. The molecule has 2 aromatic carbocycles. The van der Waals surface area contributed by atoms with Crippen molar-refractivity contribution in [3.05, 3.63) is 65.0 Å². The highest BCUT2D eigenvalue weighted by molar-refractivity contribution is 6.19. The first-order valence-corrected chi connectivity index (χ1v) is 6.35. The predicted molar refractivity (Wildman–Crippen MR) is 76.7 cm³/mol. The van der Waals surface area contributed by atoms with Gasteiger partial charge in [0, 0.05) is 11.1 Å². The number of amides is 1. The number of benzodiazepines with no additional fused rings is 1. The molecule has 1 aliphatic heterocycles. The highest BCUT2D eigenvalue weighted by Gasteiger charge is 2.19. The van der Waals surface area contributed by atoms with Crippen molar-refractivity contribution in [2.75, 3.05) is 11.9 Å². The molecule has 100 valence electrons. The number of nitrogens with zero attached hydrogens (tertiary/aromatic N) is 1. The predicted octanol–water partition coefficient (Wildman–Crippen LogP) is 2.92. The first kappa shape index (κ1) is 12.5. The Bertz CT molecular complexity index is 722. The van der Waals surface area contributed by atoms with Crippen LogP contribution in [0.1, 0.15) is 16.7 Å². The van der Waals surface area contributed by atoms with Crippen molar-refractivity contribution >= 4 is 17.3 Å². The quantitative estimate of drug-likeness (QED) is 0.848. The number of hydrogen-bond donors (Lipinski definition) is 1. The number of nitrogens with one attached hydrogen (secondary N) is 1. The Morgan fingerprint density at radius 1 is 1.15 bits per heavy atom. The van der Waals surface area contributed by atoms with Crippen LogP contribution in [0.15, 0.2) is 47.5 Å². The summed E-state index contributed by atoms with van der Waals surface area (Å²) in [4.78, 5) is 16.0. The number of hydrogen-bond acceptors (Lipinski definition) is 2. The lowest BCUT2D eigenvalue weighted by molar-refractivity contribution is -0.114. The normalized spacial score (nSPS) is 14.1. The van der Waals surface area contributed by atoms with Crippen LogP contribution in [0, 0.1) is 12.7 Å². The standard InChI is InChI=1S/C16H13FN2O/c1-10-6-7-14-12(8-10)16(18-9-15(20)19-14)11-4-2-3-5-13(11)17/h2-8H,9H2,1H3,(H,19,20)/i17-1. The van der Waals surface area contributed by atoms with E-state index in [1.165, 1.54) is 6.07 Å². The monoisotopic (exact) mass is 267 g/mol. The summed E-state index contributed by atoms with van der Waals surface area (Å²) in [6.45, 7) is 1.95. The summed E-state index contributed by atoms with van der Waals surface area (Å²) >= 11 is 0. The molecule has 0 aromatic heterocycles. The molecular weight excluding hydrogens is 254 g/mol. The molecule has 1 N–H and O–H groups in total. The van der Waals surface area contributed by atoms with Gasteiger partial charge in [-0.05, 0) is 31.2 Å². The zero-order valence-corrected chi connectivity index (χ0v) is 11.0. The molecular formula is C16H13FN2O. The number of aliphatic imine (C=N–C) groups is 1. The van der Waals surface area contributed by atoms with E-state index in [0.29, 0.717) is 17.0 Å². The highest BCUT2D eigenvalue weighted by atomic mass is 18.2. The second kappa shape index (κ2) is 4.89. The summed E-state index contributed by atoms with van der Waals surface area (Å²) in [7, 11) is 0. The average Bonchev–Trinajstić information content (AvgIpc) is 2.58. The van der Waals surface area contributed by atoms with Crippen LogP contribution in [0.5, 0.6) is 0 Å². The summed E-state index contributed by atoms with van der Waals surface area (Å²) in [6.07, 6.45) is 0. The van der Waals surface area contributed by atoms with Crippen molar-refractivity contribution in [3.63, 3.8) is 0 Å². The van der Waals surface area contributed by atoms with Crippen LogP contribution < -0.4 is 5.32 Å². The van der Waals surface area contributed by atoms with E-state index in [-0.39, 0.29) is 18.3 Å². The van der Waals surface area contributed by atoms with Crippen LogP contribution in [0.3, 0.4) is 0 Å². The van der Waals surface area contributed by atoms with Gasteiger partial charge in [-0.15, -0.1) is 0 Å². The molecule has 1 amide bonds. The summed E-state index contributed by atoms with van der Waals surface area (Å²) in [6, 6.07) is 12.1. The van der Waals surface area contributed by atoms with E-state index in [0.717, 1.165) is 11.1 Å². The molecule has 4 heteroatoms. The van der Waals surface area contributed by atoms with Gasteiger partial charge in [0.15, 0.2) is 0 Å². The van der Waals surface area contributed by atoms with Crippen LogP contribution in [-0.2, 0) is 4.79 Å². The molecule has 0 saturated carbocycles. The maximum atomic E-state index is 14.0. The highest BCUT2D eigenvalue weighted by Crippen LogP contribution is 2.24. The Labute approximate surface area is 116 Å². The molecule has 3 rings (SSSR count). The van der Waals surface area contributed by atoms with E-state index >= 15 is 0 Å². The van der Waals surface area contributed by atoms with Gasteiger partial charge >= 0.3 is 0 Å². The first-order chi connectivity index (χ1) is 9.65. The maximum Gasteiger partial charge on any atom is 0.246 e. The van der Waals surface area contributed by atoms with E-state index in [1.54, 1.807) is 18.2 Å². The molecule has 0 radical (unpaired) electrons. The zero-order valence-electron chi connectivity index (χ0n) is 11.0. The molecule has 20 heavy (non-hydrogen) atoms. The molecule has 0 bridgehead atoms. The van der Waals surface area contributed by atoms with Crippen molar-refractivity contribution in [2.45, 2.75) is 6.92 Å². The van der Waals surface area contributed by atoms with Crippen LogP contribution in [0.2, 0.25) is 0 Å². The number of benzene rings is 2. The van der Waals surface area contributed by atoms with Crippen molar-refractivity contribution in [2.24, 2.45) is 4.99 Å². The fraction of sp³-hybridized carbons (Fsp3) is 0.125. The van der Waals surface area contributed by atoms with E-state index in [1.807, 2.05) is 25.1 Å². The Balaban J connectivity index is 2.23. The lowest BCUT2D eigenvalue weighted by Gasteiger charge is -2.11. The summed E-state index contributed by atoms with van der Waals surface area (Å²) in [5, 5.41) is 2.79. The van der Waals surface area contributed by atoms with Crippen molar-refractivity contribution < 1.29 is 9.18 Å². The molecule has 1 heterocycles. The van der Waals surface area contributed by atoms with Crippen molar-refractivity contribution in [3.8, 4) is 0 Å². The van der Waals surface area contributed by atoms with Gasteiger partial charge < -0.3 is 5.32 Å². The third kappa shape index (κ3) is 2.20. The van der Waals surface area contributed by atoms with E-state index < -0.39 is 0 Å². The zero-order chi connectivity index (χ0) is 14.1. The Hall–Kier alpha value is -2.49. The number of rotatable bonds is 1. The molecule has 0 atom stereocenters. The van der Waals surface area contributed by atoms with Gasteiger partial charge in [0.25, 0.3) is 0 Å². The minimum Gasteiger partial charge on any atom is -0.324 e. The van der Waals surface area contributed by atoms with Crippen LogP contribution in [0.4, 0.5) is 10.1 Å². The van der Waals surface area contributed by atoms with Crippen molar-refractivity contribution in [1.29, 1.82) is 0 Å². The Morgan fingerprint density at radius 3 is 2.75 bits per heavy atom. The number of halogens is 1. The topological polar surface area (TPSA) is 41.5 Å². The van der Waals surface area contributed by atoms with E-state index in [4.69, 9.17) is 0 Å². The van der Waals surface area contributed by atoms with Crippen LogP contribution in [0.25, 0.3) is 0 Å². The molecule has 0 aliphatic carbocycles. The van der Waals surface area contributed by atoms with Gasteiger partial charge in [0.1, 0.15) is 12.4 Å². The number of fused-ring (bicyclic) bond motifs is 1. The molecule has 3 nitrogen and oxygen atoms in total. The molecule has 0 saturated heterocycles. The van der Waals surface area contributed by atoms with Gasteiger partial charge in [-0.3, -0.25) is 9.79 Å². The average molecular weight is 267 g/mol. The van der Waals surface area contributed by atoms with Gasteiger partial charge in [-0.1, -0.05) is 23.8 Å². The van der Waals surface area contributed by atoms with Gasteiger partial charge in [0.2, 0.25) is 5.91 Å². The van der Waals surface area contributed by atoms with Gasteiger partial charge in [-0.2, -0.15) is 0 Å². The molecule has 0 spiro atoms. The first-order valence-electron chi connectivity index (χ1n) is 6.35. The number of anilines is 1. The third-order valence-corrected chi connectivity index (χ3v) is 3.21. The third-order valence-electron chi connectivity index (χ3n) is 3.21. The van der Waals surface area contributed by atoms with Gasteiger partial charge in [-0.25, -0.2) is 4.39 Å². The number of carbonyl (C=O) groups is 1. The second-order valence-corrected chi connectivity index (χ2v) is 4.74. The lowest BCUT2D eigenvalue weighted by Crippen LogP contribution is -2.13. The van der Waals surface area contributed by atoms with Crippen LogP contribution in [-0.4, -0.2) is 18.2 Å². The van der Waals surface area contributed by atoms with E-state index in [9.17, 15) is 9.18 Å². The van der Waals surface area contributed by atoms with Gasteiger partial charge in [0.05, 0.1) is 11.4 Å². The number of carbonyl (C=O) groups excluding carboxylic acids is 1. The fourth-order valence-electron chi connectivity index (χ4n) is 2.27. The SMILES string of the molecule is Cc1ccc2c(c1)C(c1ccccc1[18F])=NCC(=O)N2. The molecule has 1 aliphatic rings. The van der Waals surface area contributed by atoms with Crippen molar-refractivity contribution in [1.82, 2.24) is 0 Å². The second-order valence-electron chi connectivity index (χ2n) is 4.74. The fourth-order valence-corrected chi connectivity index (χ4v) is 2.27. The molecule has 0 unspecified atom stereocenters. The van der Waals surface area contributed by atoms with E-state index in [2.05, 4.69) is 10.3 Å². The molecule has 0 fully saturated rings. The largest absolute Gasteiger partial charge is 0.324 e. The maximum absolute atomic E-state index is 14.0. The van der Waals surface area contributed by atoms with Crippen LogP contribution >= 0.6 is 0 Å². The minimum absolute atomic E-state index is 0.00258.